The summed E-state index contributed by atoms with van der Waals surface area (Å²) in [4.78, 5) is 8.94. The molecule has 0 atom stereocenters. The van der Waals surface area contributed by atoms with E-state index >= 15 is 0 Å². The molecule has 2 aromatic rings. The van der Waals surface area contributed by atoms with Crippen molar-refractivity contribution in [2.75, 3.05) is 84.7 Å². The summed E-state index contributed by atoms with van der Waals surface area (Å²) in [5.74, 6) is 1.39. The van der Waals surface area contributed by atoms with Gasteiger partial charge < -0.3 is 34.5 Å². The number of aliphatic hydroxyl groups is 1. The van der Waals surface area contributed by atoms with Gasteiger partial charge in [-0.1, -0.05) is 0 Å². The molecule has 2 heterocycles. The predicted octanol–water partition coefficient (Wildman–Crippen LogP) is 1.58. The monoisotopic (exact) mass is 520 g/mol. The molecule has 200 valence electrons. The molecule has 1 aromatic carbocycles. The minimum absolute atomic E-state index is 0.0797. The first kappa shape index (κ1) is 28.1. The van der Waals surface area contributed by atoms with Crippen LogP contribution in [-0.2, 0) is 11.3 Å². The molecule has 0 radical (unpaired) electrons. The Kier molecular flexibility index (Phi) is 12.2. The van der Waals surface area contributed by atoms with Gasteiger partial charge in [-0.15, -0.1) is 0 Å². The molecule has 0 aliphatic carbocycles. The Morgan fingerprint density at radius 1 is 1.06 bits per heavy atom. The highest BCUT2D eigenvalue weighted by Crippen LogP contribution is 2.30. The van der Waals surface area contributed by atoms with Crippen LogP contribution in [0.3, 0.4) is 0 Å². The van der Waals surface area contributed by atoms with Crippen molar-refractivity contribution in [1.82, 2.24) is 24.7 Å². The standard InChI is InChI=1S/C25H40N6O4S/c1-21-19-26-20-31(21)7-3-6-27-25(36)28-22-4-5-23(24(18-22)33-2)35-16-13-30-10-8-29(9-11-30)12-15-34-17-14-32/h4-5,18-20,32H,3,6-17H2,1-2H3,(H2,27,28,36). The van der Waals surface area contributed by atoms with Crippen molar-refractivity contribution in [2.24, 2.45) is 0 Å². The van der Waals surface area contributed by atoms with Gasteiger partial charge in [-0.3, -0.25) is 9.80 Å². The smallest absolute Gasteiger partial charge is 0.170 e. The molecule has 0 amide bonds. The number of thiocarbonyl (C=S) groups is 1. The van der Waals surface area contributed by atoms with Crippen LogP contribution in [0.25, 0.3) is 0 Å². The molecule has 10 nitrogen and oxygen atoms in total. The zero-order valence-electron chi connectivity index (χ0n) is 21.4. The maximum Gasteiger partial charge on any atom is 0.170 e. The van der Waals surface area contributed by atoms with Crippen LogP contribution in [0.4, 0.5) is 5.69 Å². The van der Waals surface area contributed by atoms with E-state index in [2.05, 4.69) is 36.9 Å². The molecule has 1 aromatic heterocycles. The Bertz CT molecular complexity index is 920. The van der Waals surface area contributed by atoms with Gasteiger partial charge in [0.1, 0.15) is 6.61 Å². The van der Waals surface area contributed by atoms with E-state index in [1.165, 1.54) is 0 Å². The van der Waals surface area contributed by atoms with Gasteiger partial charge in [-0.05, 0) is 37.7 Å². The number of nitrogens with zero attached hydrogens (tertiary/aromatic N) is 4. The quantitative estimate of drug-likeness (QED) is 0.237. The lowest BCUT2D eigenvalue weighted by Gasteiger charge is -2.34. The highest BCUT2D eigenvalue weighted by atomic mass is 32.1. The highest BCUT2D eigenvalue weighted by molar-refractivity contribution is 7.80. The topological polar surface area (TPSA) is 96.3 Å². The van der Waals surface area contributed by atoms with Crippen molar-refractivity contribution in [3.8, 4) is 11.5 Å². The van der Waals surface area contributed by atoms with E-state index in [1.807, 2.05) is 30.7 Å². The number of aliphatic hydroxyl groups excluding tert-OH is 1. The van der Waals surface area contributed by atoms with Crippen LogP contribution in [0.15, 0.2) is 30.7 Å². The second-order valence-electron chi connectivity index (χ2n) is 8.70. The Labute approximate surface area is 219 Å². The van der Waals surface area contributed by atoms with Gasteiger partial charge in [0.2, 0.25) is 0 Å². The van der Waals surface area contributed by atoms with Gasteiger partial charge in [0.25, 0.3) is 0 Å². The van der Waals surface area contributed by atoms with Gasteiger partial charge in [-0.25, -0.2) is 4.98 Å². The van der Waals surface area contributed by atoms with Crippen LogP contribution >= 0.6 is 12.2 Å². The number of benzene rings is 1. The third-order valence-corrected chi connectivity index (χ3v) is 6.37. The van der Waals surface area contributed by atoms with Crippen molar-refractivity contribution >= 4 is 23.0 Å². The molecule has 1 aliphatic heterocycles. The van der Waals surface area contributed by atoms with E-state index in [4.69, 9.17) is 31.5 Å². The SMILES string of the molecule is COc1cc(NC(=S)NCCCn2cncc2C)ccc1OCCN1CCN(CCOCCO)CC1. The number of anilines is 1. The van der Waals surface area contributed by atoms with E-state index in [1.54, 1.807) is 7.11 Å². The van der Waals surface area contributed by atoms with Crippen LogP contribution < -0.4 is 20.1 Å². The van der Waals surface area contributed by atoms with E-state index in [-0.39, 0.29) is 6.61 Å². The van der Waals surface area contributed by atoms with Crippen molar-refractivity contribution < 1.29 is 19.3 Å². The molecule has 3 rings (SSSR count). The third-order valence-electron chi connectivity index (χ3n) is 6.12. The van der Waals surface area contributed by atoms with E-state index < -0.39 is 0 Å². The maximum atomic E-state index is 8.77. The third kappa shape index (κ3) is 9.55. The van der Waals surface area contributed by atoms with Crippen LogP contribution in [0.2, 0.25) is 0 Å². The fourth-order valence-corrected chi connectivity index (χ4v) is 4.21. The zero-order valence-corrected chi connectivity index (χ0v) is 22.3. The van der Waals surface area contributed by atoms with Gasteiger partial charge in [0.05, 0.1) is 33.3 Å². The first-order chi connectivity index (χ1) is 17.6. The zero-order chi connectivity index (χ0) is 25.6. The lowest BCUT2D eigenvalue weighted by Crippen LogP contribution is -2.48. The molecule has 0 unspecified atom stereocenters. The fraction of sp³-hybridized carbons (Fsp3) is 0.600. The average molecular weight is 521 g/mol. The number of imidazole rings is 1. The predicted molar refractivity (Wildman–Crippen MR) is 145 cm³/mol. The maximum absolute atomic E-state index is 8.77. The lowest BCUT2D eigenvalue weighted by atomic mass is 10.2. The molecule has 1 aliphatic rings. The van der Waals surface area contributed by atoms with Crippen LogP contribution in [0, 0.1) is 6.92 Å². The summed E-state index contributed by atoms with van der Waals surface area (Å²) in [6.45, 7) is 11.3. The number of ether oxygens (including phenoxy) is 3. The first-order valence-corrected chi connectivity index (χ1v) is 13.0. The molecule has 1 fully saturated rings. The minimum atomic E-state index is 0.0797. The van der Waals surface area contributed by atoms with E-state index in [0.717, 1.165) is 75.9 Å². The number of rotatable bonds is 15. The second kappa shape index (κ2) is 15.6. The Balaban J connectivity index is 1.33. The van der Waals surface area contributed by atoms with E-state index in [0.29, 0.717) is 30.7 Å². The summed E-state index contributed by atoms with van der Waals surface area (Å²) in [5, 5.41) is 15.8. The first-order valence-electron chi connectivity index (χ1n) is 12.5. The number of nitrogens with one attached hydrogen (secondary N) is 2. The van der Waals surface area contributed by atoms with Crippen LogP contribution in [-0.4, -0.2) is 109 Å². The Morgan fingerprint density at radius 2 is 1.81 bits per heavy atom. The number of hydrogen-bond donors (Lipinski definition) is 3. The molecule has 36 heavy (non-hydrogen) atoms. The summed E-state index contributed by atoms with van der Waals surface area (Å²) in [6, 6.07) is 5.75. The molecular formula is C25H40N6O4S. The summed E-state index contributed by atoms with van der Waals surface area (Å²) in [5.41, 5.74) is 2.01. The number of aryl methyl sites for hydroxylation is 2. The molecule has 0 saturated carbocycles. The van der Waals surface area contributed by atoms with Gasteiger partial charge in [0.15, 0.2) is 16.6 Å². The summed E-state index contributed by atoms with van der Waals surface area (Å²) in [7, 11) is 1.64. The molecular weight excluding hydrogens is 480 g/mol. The molecule has 1 saturated heterocycles. The average Bonchev–Trinajstić information content (AvgIpc) is 3.30. The van der Waals surface area contributed by atoms with Gasteiger partial charge in [-0.2, -0.15) is 0 Å². The number of aromatic nitrogens is 2. The van der Waals surface area contributed by atoms with Crippen LogP contribution in [0.1, 0.15) is 12.1 Å². The molecule has 0 spiro atoms. The summed E-state index contributed by atoms with van der Waals surface area (Å²) in [6.07, 6.45) is 4.66. The van der Waals surface area contributed by atoms with Crippen molar-refractivity contribution in [3.05, 3.63) is 36.4 Å². The van der Waals surface area contributed by atoms with E-state index in [9.17, 15) is 0 Å². The Hall–Kier alpha value is -2.44. The van der Waals surface area contributed by atoms with Crippen molar-refractivity contribution in [3.63, 3.8) is 0 Å². The summed E-state index contributed by atoms with van der Waals surface area (Å²) < 4.78 is 19.1. The number of piperazine rings is 1. The number of methoxy groups -OCH3 is 1. The number of hydrogen-bond acceptors (Lipinski definition) is 8. The van der Waals surface area contributed by atoms with Crippen molar-refractivity contribution in [2.45, 2.75) is 19.9 Å². The van der Waals surface area contributed by atoms with Gasteiger partial charge >= 0.3 is 0 Å². The summed E-state index contributed by atoms with van der Waals surface area (Å²) >= 11 is 5.43. The van der Waals surface area contributed by atoms with Crippen LogP contribution in [0.5, 0.6) is 11.5 Å². The molecule has 3 N–H and O–H groups in total. The van der Waals surface area contributed by atoms with Crippen molar-refractivity contribution in [1.29, 1.82) is 0 Å². The molecule has 11 heteroatoms. The second-order valence-corrected chi connectivity index (χ2v) is 9.10. The largest absolute Gasteiger partial charge is 0.493 e. The lowest BCUT2D eigenvalue weighted by molar-refractivity contribution is 0.0552. The molecule has 0 bridgehead atoms. The normalized spacial score (nSPS) is 14.5. The highest BCUT2D eigenvalue weighted by Gasteiger charge is 2.16. The minimum Gasteiger partial charge on any atom is -0.493 e. The fourth-order valence-electron chi connectivity index (χ4n) is 3.99. The van der Waals surface area contributed by atoms with Gasteiger partial charge in [0, 0.05) is 76.0 Å². The Morgan fingerprint density at radius 3 is 2.47 bits per heavy atom.